The molecule has 0 amide bonds. The fourth-order valence-corrected chi connectivity index (χ4v) is 2.81. The van der Waals surface area contributed by atoms with Gasteiger partial charge in [0.25, 0.3) is 0 Å². The number of hydrogen-bond acceptors (Lipinski definition) is 3. The monoisotopic (exact) mass is 392 g/mol. The van der Waals surface area contributed by atoms with Gasteiger partial charge in [-0.25, -0.2) is 9.50 Å². The normalized spacial score (nSPS) is 11.3. The Morgan fingerprint density at radius 3 is 2.34 bits per heavy atom. The third-order valence-corrected chi connectivity index (χ3v) is 4.36. The average molecular weight is 392 g/mol. The summed E-state index contributed by atoms with van der Waals surface area (Å²) in [4.78, 5) is 8.58. The molecule has 29 heavy (non-hydrogen) atoms. The van der Waals surface area contributed by atoms with Crippen LogP contribution in [0.1, 0.15) is 28.1 Å². The summed E-state index contributed by atoms with van der Waals surface area (Å²) in [5.74, 6) is 5.77. The number of aryl methyl sites for hydroxylation is 2. The molecule has 7 heteroatoms. The van der Waals surface area contributed by atoms with Gasteiger partial charge in [-0.1, -0.05) is 41.7 Å². The van der Waals surface area contributed by atoms with E-state index in [1.807, 2.05) is 32.0 Å². The molecule has 0 N–H and O–H groups in total. The van der Waals surface area contributed by atoms with E-state index in [1.165, 1.54) is 6.20 Å². The first-order chi connectivity index (χ1) is 13.8. The van der Waals surface area contributed by atoms with E-state index in [9.17, 15) is 13.2 Å². The van der Waals surface area contributed by atoms with E-state index in [1.54, 1.807) is 24.4 Å². The molecule has 0 unspecified atom stereocenters. The molecule has 4 nitrogen and oxygen atoms in total. The van der Waals surface area contributed by atoms with Crippen molar-refractivity contribution in [2.75, 3.05) is 0 Å². The molecule has 0 aliphatic rings. The number of pyridine rings is 1. The van der Waals surface area contributed by atoms with Crippen molar-refractivity contribution in [1.82, 2.24) is 19.6 Å². The fourth-order valence-electron chi connectivity index (χ4n) is 2.81. The summed E-state index contributed by atoms with van der Waals surface area (Å²) in [7, 11) is 0. The highest BCUT2D eigenvalue weighted by Crippen LogP contribution is 2.32. The minimum absolute atomic E-state index is 0.0583. The lowest BCUT2D eigenvalue weighted by Crippen LogP contribution is -2.13. The van der Waals surface area contributed by atoms with Gasteiger partial charge in [-0.15, -0.1) is 0 Å². The van der Waals surface area contributed by atoms with Crippen LogP contribution in [0.15, 0.2) is 54.9 Å². The van der Waals surface area contributed by atoms with E-state index in [0.717, 1.165) is 21.8 Å². The molecule has 1 aromatic carbocycles. The molecule has 0 aliphatic carbocycles. The number of halogens is 3. The van der Waals surface area contributed by atoms with Gasteiger partial charge in [0.2, 0.25) is 0 Å². The van der Waals surface area contributed by atoms with Gasteiger partial charge in [0.05, 0.1) is 17.5 Å². The third-order valence-electron chi connectivity index (χ3n) is 4.36. The van der Waals surface area contributed by atoms with E-state index in [0.29, 0.717) is 16.7 Å². The van der Waals surface area contributed by atoms with Gasteiger partial charge < -0.3 is 0 Å². The van der Waals surface area contributed by atoms with Crippen molar-refractivity contribution in [2.45, 2.75) is 20.0 Å². The number of benzene rings is 1. The topological polar surface area (TPSA) is 43.1 Å². The highest BCUT2D eigenvalue weighted by atomic mass is 19.4. The second-order valence-electron chi connectivity index (χ2n) is 6.62. The molecule has 0 saturated carbocycles. The molecule has 0 fully saturated rings. The highest BCUT2D eigenvalue weighted by molar-refractivity contribution is 5.66. The number of alkyl halides is 3. The molecule has 0 bridgehead atoms. The van der Waals surface area contributed by atoms with E-state index >= 15 is 0 Å². The van der Waals surface area contributed by atoms with Crippen LogP contribution in [-0.2, 0) is 6.18 Å². The van der Waals surface area contributed by atoms with Crippen LogP contribution >= 0.6 is 0 Å². The van der Waals surface area contributed by atoms with Gasteiger partial charge in [-0.05, 0) is 32.0 Å². The lowest BCUT2D eigenvalue weighted by molar-refractivity contribution is -0.142. The Balaban J connectivity index is 1.88. The van der Waals surface area contributed by atoms with Crippen molar-refractivity contribution in [2.24, 2.45) is 0 Å². The predicted molar refractivity (Wildman–Crippen MR) is 103 cm³/mol. The van der Waals surface area contributed by atoms with Gasteiger partial charge in [-0.2, -0.15) is 18.3 Å². The Hall–Kier alpha value is -3.66. The van der Waals surface area contributed by atoms with Crippen LogP contribution in [0.3, 0.4) is 0 Å². The van der Waals surface area contributed by atoms with Crippen LogP contribution in [-0.4, -0.2) is 19.6 Å². The number of aromatic nitrogens is 4. The Bertz CT molecular complexity index is 1240. The van der Waals surface area contributed by atoms with Gasteiger partial charge in [-0.3, -0.25) is 4.98 Å². The molecule has 3 aromatic heterocycles. The molecule has 144 valence electrons. The number of nitrogens with zero attached hydrogens (tertiary/aromatic N) is 4. The van der Waals surface area contributed by atoms with Crippen LogP contribution in [0.25, 0.3) is 16.9 Å². The summed E-state index contributed by atoms with van der Waals surface area (Å²) >= 11 is 0. The molecule has 4 aromatic rings. The average Bonchev–Trinajstić information content (AvgIpc) is 3.09. The van der Waals surface area contributed by atoms with Crippen molar-refractivity contribution in [3.05, 3.63) is 82.9 Å². The van der Waals surface area contributed by atoms with E-state index in [2.05, 4.69) is 26.9 Å². The molecular formula is C22H15F3N4. The second-order valence-corrected chi connectivity index (χ2v) is 6.62. The van der Waals surface area contributed by atoms with Crippen LogP contribution in [0, 0.1) is 25.7 Å². The van der Waals surface area contributed by atoms with Crippen LogP contribution in [0.4, 0.5) is 13.2 Å². The minimum Gasteiger partial charge on any atom is -0.260 e. The van der Waals surface area contributed by atoms with E-state index in [4.69, 9.17) is 0 Å². The summed E-state index contributed by atoms with van der Waals surface area (Å²) in [6.07, 6.45) is -1.68. The minimum atomic E-state index is -4.59. The predicted octanol–water partition coefficient (Wildman–Crippen LogP) is 4.83. The quantitative estimate of drug-likeness (QED) is 0.436. The van der Waals surface area contributed by atoms with Gasteiger partial charge in [0.1, 0.15) is 0 Å². The van der Waals surface area contributed by atoms with E-state index < -0.39 is 11.9 Å². The first kappa shape index (κ1) is 18.7. The summed E-state index contributed by atoms with van der Waals surface area (Å²) in [6.45, 7) is 3.77. The number of hydrogen-bond donors (Lipinski definition) is 0. The first-order valence-corrected chi connectivity index (χ1v) is 8.79. The summed E-state index contributed by atoms with van der Waals surface area (Å²) in [5.41, 5.74) is 2.79. The lowest BCUT2D eigenvalue weighted by atomic mass is 10.1. The van der Waals surface area contributed by atoms with Crippen molar-refractivity contribution in [1.29, 1.82) is 0 Å². The summed E-state index contributed by atoms with van der Waals surface area (Å²) in [5, 5.41) is 3.88. The molecule has 0 radical (unpaired) electrons. The highest BCUT2D eigenvalue weighted by Gasteiger charge is 2.35. The first-order valence-electron chi connectivity index (χ1n) is 8.79. The van der Waals surface area contributed by atoms with Crippen LogP contribution < -0.4 is 0 Å². The Morgan fingerprint density at radius 2 is 1.69 bits per heavy atom. The zero-order valence-corrected chi connectivity index (χ0v) is 15.6. The van der Waals surface area contributed by atoms with Crippen molar-refractivity contribution >= 4 is 5.65 Å². The zero-order chi connectivity index (χ0) is 20.6. The largest absolute Gasteiger partial charge is 0.433 e. The molecule has 0 aliphatic heterocycles. The molecule has 0 atom stereocenters. The van der Waals surface area contributed by atoms with Crippen molar-refractivity contribution < 1.29 is 13.2 Å². The molecule has 3 heterocycles. The SMILES string of the molecule is Cc1ccc(-c2cc(C(F)(F)F)n3ncc(C#Cc4ccc(C)nc4)c3n2)cc1. The Labute approximate surface area is 165 Å². The smallest absolute Gasteiger partial charge is 0.260 e. The second kappa shape index (κ2) is 7.06. The molecule has 4 rings (SSSR count). The van der Waals surface area contributed by atoms with Crippen molar-refractivity contribution in [3.8, 4) is 23.1 Å². The van der Waals surface area contributed by atoms with Gasteiger partial charge >= 0.3 is 6.18 Å². The fraction of sp³-hybridized carbons (Fsp3) is 0.136. The maximum absolute atomic E-state index is 13.6. The third kappa shape index (κ3) is 3.83. The lowest BCUT2D eigenvalue weighted by Gasteiger charge is -2.11. The van der Waals surface area contributed by atoms with Crippen molar-refractivity contribution in [3.63, 3.8) is 0 Å². The maximum atomic E-state index is 13.6. The Morgan fingerprint density at radius 1 is 0.931 bits per heavy atom. The number of rotatable bonds is 1. The van der Waals surface area contributed by atoms with Crippen LogP contribution in [0.2, 0.25) is 0 Å². The molecule has 0 spiro atoms. The van der Waals surface area contributed by atoms with Gasteiger partial charge in [0.15, 0.2) is 11.3 Å². The zero-order valence-electron chi connectivity index (χ0n) is 15.6. The molecule has 0 saturated heterocycles. The standard InChI is InChI=1S/C22H15F3N4/c1-14-3-8-17(9-4-14)19-11-20(22(23,24)25)29-21(28-19)18(13-27-29)10-7-16-6-5-15(2)26-12-16/h3-6,8-9,11-13H,1-2H3. The van der Waals surface area contributed by atoms with Crippen LogP contribution in [0.5, 0.6) is 0 Å². The Kier molecular flexibility index (Phi) is 4.55. The molecular weight excluding hydrogens is 377 g/mol. The van der Waals surface area contributed by atoms with E-state index in [-0.39, 0.29) is 11.3 Å². The van der Waals surface area contributed by atoms with Gasteiger partial charge in [0, 0.05) is 23.0 Å². The summed E-state index contributed by atoms with van der Waals surface area (Å²) in [6, 6.07) is 11.8. The number of fused-ring (bicyclic) bond motifs is 1. The summed E-state index contributed by atoms with van der Waals surface area (Å²) < 4.78 is 41.7. The maximum Gasteiger partial charge on any atom is 0.433 e.